The van der Waals surface area contributed by atoms with E-state index in [1.54, 1.807) is 5.56 Å². The van der Waals surface area contributed by atoms with Gasteiger partial charge in [-0.2, -0.15) is 0 Å². The predicted molar refractivity (Wildman–Crippen MR) is 83.8 cm³/mol. The largest absolute Gasteiger partial charge is 0.314 e. The minimum absolute atomic E-state index is 0.528. The smallest absolute Gasteiger partial charge is 0.00983 e. The van der Waals surface area contributed by atoms with Gasteiger partial charge in [-0.3, -0.25) is 0 Å². The fraction of sp³-hybridized carbons (Fsp3) is 0.667. The van der Waals surface area contributed by atoms with Crippen LogP contribution in [0.1, 0.15) is 55.4 Å². The highest BCUT2D eigenvalue weighted by molar-refractivity contribution is 5.39. The average molecular weight is 259 g/mol. The van der Waals surface area contributed by atoms with E-state index in [0.717, 1.165) is 6.54 Å². The van der Waals surface area contributed by atoms with Gasteiger partial charge in [0.2, 0.25) is 0 Å². The van der Waals surface area contributed by atoms with Crippen LogP contribution in [0.2, 0.25) is 0 Å². The molecule has 1 nitrogen and oxygen atoms in total. The zero-order chi connectivity index (χ0) is 14.0. The van der Waals surface area contributed by atoms with E-state index in [4.69, 9.17) is 0 Å². The molecule has 0 aromatic heterocycles. The molecule has 1 atom stereocenters. The molecule has 0 radical (unpaired) electrons. The fourth-order valence-electron chi connectivity index (χ4n) is 3.34. The zero-order valence-corrected chi connectivity index (χ0v) is 13.3. The molecule has 1 aromatic carbocycles. The predicted octanol–water partition coefficient (Wildman–Crippen LogP) is 4.32. The summed E-state index contributed by atoms with van der Waals surface area (Å²) in [5, 5.41) is 3.71. The minimum atomic E-state index is 0.528. The van der Waals surface area contributed by atoms with Gasteiger partial charge in [0.05, 0.1) is 0 Å². The molecule has 1 N–H and O–H groups in total. The third kappa shape index (κ3) is 3.20. The molecule has 1 aliphatic rings. The van der Waals surface area contributed by atoms with Crippen molar-refractivity contribution in [2.75, 3.05) is 6.54 Å². The van der Waals surface area contributed by atoms with Crippen molar-refractivity contribution >= 4 is 0 Å². The lowest BCUT2D eigenvalue weighted by molar-refractivity contribution is 0.349. The molecular formula is C18H29N. The minimum Gasteiger partial charge on any atom is -0.314 e. The van der Waals surface area contributed by atoms with E-state index in [1.165, 1.54) is 42.4 Å². The Morgan fingerprint density at radius 1 is 1.16 bits per heavy atom. The van der Waals surface area contributed by atoms with E-state index in [1.807, 2.05) is 0 Å². The van der Waals surface area contributed by atoms with Crippen LogP contribution < -0.4 is 5.32 Å². The topological polar surface area (TPSA) is 12.0 Å². The third-order valence-corrected chi connectivity index (χ3v) is 4.88. The monoisotopic (exact) mass is 259 g/mol. The summed E-state index contributed by atoms with van der Waals surface area (Å²) in [7, 11) is 0. The molecule has 106 valence electrons. The van der Waals surface area contributed by atoms with Gasteiger partial charge >= 0.3 is 0 Å². The van der Waals surface area contributed by atoms with Crippen molar-refractivity contribution in [2.45, 2.75) is 66.3 Å². The summed E-state index contributed by atoms with van der Waals surface area (Å²) in [4.78, 5) is 0. The van der Waals surface area contributed by atoms with Crippen LogP contribution in [-0.4, -0.2) is 12.6 Å². The Balaban J connectivity index is 2.13. The second-order valence-electron chi connectivity index (χ2n) is 6.59. The van der Waals surface area contributed by atoms with E-state index >= 15 is 0 Å². The van der Waals surface area contributed by atoms with Crippen molar-refractivity contribution in [3.05, 3.63) is 34.4 Å². The Morgan fingerprint density at radius 3 is 2.21 bits per heavy atom. The highest BCUT2D eigenvalue weighted by Gasteiger charge is 2.47. The van der Waals surface area contributed by atoms with E-state index in [9.17, 15) is 0 Å². The van der Waals surface area contributed by atoms with Gasteiger partial charge in [0, 0.05) is 6.04 Å². The summed E-state index contributed by atoms with van der Waals surface area (Å²) in [5.41, 5.74) is 6.46. The molecule has 1 aromatic rings. The molecule has 1 fully saturated rings. The molecule has 0 bridgehead atoms. The van der Waals surface area contributed by atoms with Gasteiger partial charge in [-0.25, -0.2) is 0 Å². The molecule has 0 aliphatic heterocycles. The lowest BCUT2D eigenvalue weighted by Gasteiger charge is -2.26. The summed E-state index contributed by atoms with van der Waals surface area (Å²) < 4.78 is 0. The average Bonchev–Trinajstić information content (AvgIpc) is 3.12. The van der Waals surface area contributed by atoms with Crippen LogP contribution >= 0.6 is 0 Å². The number of benzene rings is 1. The second kappa shape index (κ2) is 5.66. The van der Waals surface area contributed by atoms with Crippen LogP contribution in [0.15, 0.2) is 12.1 Å². The van der Waals surface area contributed by atoms with E-state index in [0.29, 0.717) is 11.5 Å². The highest BCUT2D eigenvalue weighted by Crippen LogP contribution is 2.51. The third-order valence-electron chi connectivity index (χ3n) is 4.88. The number of hydrogen-bond donors (Lipinski definition) is 1. The Hall–Kier alpha value is -0.820. The van der Waals surface area contributed by atoms with Crippen molar-refractivity contribution in [1.82, 2.24) is 5.32 Å². The maximum Gasteiger partial charge on any atom is 0.00983 e. The first-order chi connectivity index (χ1) is 8.98. The maximum absolute atomic E-state index is 3.71. The molecule has 1 heteroatoms. The first-order valence-electron chi connectivity index (χ1n) is 7.78. The number of hydrogen-bond acceptors (Lipinski definition) is 1. The maximum atomic E-state index is 3.71. The number of aryl methyl sites for hydroxylation is 3. The summed E-state index contributed by atoms with van der Waals surface area (Å²) in [6.07, 6.45) is 5.25. The van der Waals surface area contributed by atoms with Crippen molar-refractivity contribution < 1.29 is 0 Å². The van der Waals surface area contributed by atoms with Crippen LogP contribution in [0, 0.1) is 26.2 Å². The molecule has 1 saturated carbocycles. The van der Waals surface area contributed by atoms with Crippen molar-refractivity contribution in [3.8, 4) is 0 Å². The van der Waals surface area contributed by atoms with E-state index < -0.39 is 0 Å². The Labute approximate surface area is 118 Å². The number of rotatable bonds is 6. The van der Waals surface area contributed by atoms with Gasteiger partial charge in [0.25, 0.3) is 0 Å². The summed E-state index contributed by atoms with van der Waals surface area (Å²) in [6, 6.07) is 5.32. The summed E-state index contributed by atoms with van der Waals surface area (Å²) >= 11 is 0. The fourth-order valence-corrected chi connectivity index (χ4v) is 3.34. The van der Waals surface area contributed by atoms with Gasteiger partial charge in [-0.15, -0.1) is 0 Å². The van der Waals surface area contributed by atoms with Crippen molar-refractivity contribution in [1.29, 1.82) is 0 Å². The van der Waals surface area contributed by atoms with Gasteiger partial charge in [-0.05, 0) is 82.0 Å². The summed E-state index contributed by atoms with van der Waals surface area (Å²) in [5.74, 6) is 0. The zero-order valence-electron chi connectivity index (χ0n) is 13.3. The molecule has 1 aliphatic carbocycles. The first kappa shape index (κ1) is 14.6. The standard InChI is InChI=1S/C18H29N/c1-6-9-19-16(5)18(7-8-18)12-17-14(3)10-13(2)11-15(17)4/h10-11,16,19H,6-9,12H2,1-5H3. The normalized spacial score (nSPS) is 18.4. The molecule has 0 spiro atoms. The molecule has 1 unspecified atom stereocenters. The molecule has 2 rings (SSSR count). The van der Waals surface area contributed by atoms with Gasteiger partial charge in [0.1, 0.15) is 0 Å². The lowest BCUT2D eigenvalue weighted by Crippen LogP contribution is -2.36. The Bertz CT molecular complexity index is 420. The molecule has 19 heavy (non-hydrogen) atoms. The van der Waals surface area contributed by atoms with Crippen LogP contribution in [0.3, 0.4) is 0 Å². The van der Waals surface area contributed by atoms with E-state index in [2.05, 4.69) is 52.1 Å². The van der Waals surface area contributed by atoms with Crippen LogP contribution in [0.4, 0.5) is 0 Å². The van der Waals surface area contributed by atoms with Crippen LogP contribution in [0.25, 0.3) is 0 Å². The SMILES string of the molecule is CCCNC(C)C1(Cc2c(C)cc(C)cc2C)CC1. The van der Waals surface area contributed by atoms with Crippen LogP contribution in [-0.2, 0) is 6.42 Å². The highest BCUT2D eigenvalue weighted by atomic mass is 14.9. The van der Waals surface area contributed by atoms with Crippen molar-refractivity contribution in [3.63, 3.8) is 0 Å². The first-order valence-corrected chi connectivity index (χ1v) is 7.78. The molecule has 0 amide bonds. The second-order valence-corrected chi connectivity index (χ2v) is 6.59. The molecular weight excluding hydrogens is 230 g/mol. The van der Waals surface area contributed by atoms with Gasteiger partial charge in [0.15, 0.2) is 0 Å². The quantitative estimate of drug-likeness (QED) is 0.802. The van der Waals surface area contributed by atoms with Crippen molar-refractivity contribution in [2.24, 2.45) is 5.41 Å². The van der Waals surface area contributed by atoms with Gasteiger partial charge in [-0.1, -0.05) is 24.6 Å². The molecule has 0 heterocycles. The summed E-state index contributed by atoms with van der Waals surface area (Å²) in [6.45, 7) is 12.5. The number of nitrogens with one attached hydrogen (secondary N) is 1. The lowest BCUT2D eigenvalue weighted by atomic mass is 9.85. The van der Waals surface area contributed by atoms with Gasteiger partial charge < -0.3 is 5.32 Å². The Morgan fingerprint density at radius 2 is 1.74 bits per heavy atom. The Kier molecular flexibility index (Phi) is 4.35. The van der Waals surface area contributed by atoms with Crippen LogP contribution in [0.5, 0.6) is 0 Å². The molecule has 0 saturated heterocycles. The van der Waals surface area contributed by atoms with E-state index in [-0.39, 0.29) is 0 Å².